The number of amides is 1. The van der Waals surface area contributed by atoms with Gasteiger partial charge in [0.25, 0.3) is 5.91 Å². The third kappa shape index (κ3) is 2.58. The Bertz CT molecular complexity index is 730. The van der Waals surface area contributed by atoms with Crippen molar-refractivity contribution in [3.05, 3.63) is 58.9 Å². The predicted molar refractivity (Wildman–Crippen MR) is 80.3 cm³/mol. The molecule has 0 atom stereocenters. The van der Waals surface area contributed by atoms with Crippen molar-refractivity contribution in [1.29, 1.82) is 0 Å². The fourth-order valence-corrected chi connectivity index (χ4v) is 2.91. The number of rotatable bonds is 4. The van der Waals surface area contributed by atoms with Gasteiger partial charge < -0.3 is 5.32 Å². The summed E-state index contributed by atoms with van der Waals surface area (Å²) in [5.74, 6) is -0.115. The van der Waals surface area contributed by atoms with E-state index in [-0.39, 0.29) is 5.91 Å². The van der Waals surface area contributed by atoms with E-state index in [1.54, 1.807) is 17.5 Å². The van der Waals surface area contributed by atoms with Gasteiger partial charge in [-0.25, -0.2) is 4.98 Å². The molecule has 3 aromatic rings. The average molecular weight is 285 g/mol. The maximum absolute atomic E-state index is 12.0. The second-order valence-corrected chi connectivity index (χ2v) is 5.48. The van der Waals surface area contributed by atoms with E-state index in [2.05, 4.69) is 22.4 Å². The Balaban J connectivity index is 1.61. The number of aromatic nitrogens is 2. The van der Waals surface area contributed by atoms with E-state index < -0.39 is 0 Å². The summed E-state index contributed by atoms with van der Waals surface area (Å²) in [5.41, 5.74) is 2.79. The quantitative estimate of drug-likeness (QED) is 0.801. The molecule has 0 aliphatic heterocycles. The van der Waals surface area contributed by atoms with Gasteiger partial charge in [0.1, 0.15) is 5.69 Å². The normalized spacial score (nSPS) is 10.8. The van der Waals surface area contributed by atoms with E-state index in [0.29, 0.717) is 12.2 Å². The van der Waals surface area contributed by atoms with E-state index in [9.17, 15) is 4.79 Å². The minimum Gasteiger partial charge on any atom is -0.350 e. The van der Waals surface area contributed by atoms with Crippen LogP contribution in [0.3, 0.4) is 0 Å². The van der Waals surface area contributed by atoms with Crippen LogP contribution in [0.2, 0.25) is 0 Å². The van der Waals surface area contributed by atoms with Gasteiger partial charge in [0.05, 0.1) is 0 Å². The topological polar surface area (TPSA) is 46.4 Å². The second kappa shape index (κ2) is 5.46. The molecule has 102 valence electrons. The van der Waals surface area contributed by atoms with Crippen LogP contribution in [-0.4, -0.2) is 21.8 Å². The molecule has 0 radical (unpaired) electrons. The minimum absolute atomic E-state index is 0.115. The third-order valence-corrected chi connectivity index (χ3v) is 4.12. The van der Waals surface area contributed by atoms with E-state index in [4.69, 9.17) is 0 Å². The lowest BCUT2D eigenvalue weighted by molar-refractivity contribution is 0.0950. The Morgan fingerprint density at radius 1 is 1.35 bits per heavy atom. The Morgan fingerprint density at radius 3 is 2.90 bits per heavy atom. The fourth-order valence-electron chi connectivity index (χ4n) is 2.06. The number of fused-ring (bicyclic) bond motifs is 1. The first-order valence-electron chi connectivity index (χ1n) is 6.49. The van der Waals surface area contributed by atoms with Gasteiger partial charge in [0, 0.05) is 23.8 Å². The summed E-state index contributed by atoms with van der Waals surface area (Å²) in [6, 6.07) is 10.1. The highest BCUT2D eigenvalue weighted by Crippen LogP contribution is 2.15. The molecule has 0 aliphatic carbocycles. The van der Waals surface area contributed by atoms with E-state index >= 15 is 0 Å². The summed E-state index contributed by atoms with van der Waals surface area (Å²) >= 11 is 1.54. The highest BCUT2D eigenvalue weighted by Gasteiger charge is 2.12. The molecule has 20 heavy (non-hydrogen) atoms. The second-order valence-electron chi connectivity index (χ2n) is 4.65. The zero-order chi connectivity index (χ0) is 13.9. The lowest BCUT2D eigenvalue weighted by atomic mass is 10.1. The maximum atomic E-state index is 12.0. The number of imidazole rings is 1. The summed E-state index contributed by atoms with van der Waals surface area (Å²) < 4.78 is 1.94. The molecular formula is C15H15N3OS. The lowest BCUT2D eigenvalue weighted by Crippen LogP contribution is -2.25. The molecule has 0 bridgehead atoms. The monoisotopic (exact) mass is 285 g/mol. The van der Waals surface area contributed by atoms with Crippen LogP contribution in [-0.2, 0) is 6.42 Å². The standard InChI is InChI=1S/C15H15N3OS/c1-11-10-20-15-17-13(9-18(11)15)14(19)16-8-7-12-5-3-2-4-6-12/h2-6,9-10H,7-8H2,1H3,(H,16,19). The number of carbonyl (C=O) groups is 1. The van der Waals surface area contributed by atoms with Crippen LogP contribution in [0.4, 0.5) is 0 Å². The third-order valence-electron chi connectivity index (χ3n) is 3.16. The van der Waals surface area contributed by atoms with Gasteiger partial charge in [-0.3, -0.25) is 9.20 Å². The number of nitrogens with one attached hydrogen (secondary N) is 1. The molecule has 2 aromatic heterocycles. The molecule has 1 N–H and O–H groups in total. The summed E-state index contributed by atoms with van der Waals surface area (Å²) in [6.45, 7) is 2.62. The molecule has 0 unspecified atom stereocenters. The average Bonchev–Trinajstić information content (AvgIpc) is 3.03. The zero-order valence-corrected chi connectivity index (χ0v) is 12.0. The molecule has 4 nitrogen and oxygen atoms in total. The maximum Gasteiger partial charge on any atom is 0.271 e. The van der Waals surface area contributed by atoms with Crippen LogP contribution in [0.25, 0.3) is 4.96 Å². The van der Waals surface area contributed by atoms with Crippen LogP contribution in [0.5, 0.6) is 0 Å². The van der Waals surface area contributed by atoms with Crippen LogP contribution in [0.1, 0.15) is 21.7 Å². The Labute approximate surface area is 121 Å². The first kappa shape index (κ1) is 12.9. The van der Waals surface area contributed by atoms with Crippen molar-refractivity contribution in [1.82, 2.24) is 14.7 Å². The first-order chi connectivity index (χ1) is 9.74. The molecule has 2 heterocycles. The van der Waals surface area contributed by atoms with Crippen molar-refractivity contribution >= 4 is 22.2 Å². The Kier molecular flexibility index (Phi) is 3.52. The van der Waals surface area contributed by atoms with Gasteiger partial charge in [0.2, 0.25) is 0 Å². The van der Waals surface area contributed by atoms with Crippen molar-refractivity contribution in [3.63, 3.8) is 0 Å². The van der Waals surface area contributed by atoms with Gasteiger partial charge in [-0.15, -0.1) is 11.3 Å². The molecule has 1 amide bonds. The van der Waals surface area contributed by atoms with Gasteiger partial charge in [-0.05, 0) is 18.9 Å². The number of hydrogen-bond acceptors (Lipinski definition) is 3. The number of aryl methyl sites for hydroxylation is 1. The van der Waals surface area contributed by atoms with Gasteiger partial charge in [0.15, 0.2) is 4.96 Å². The Morgan fingerprint density at radius 2 is 2.15 bits per heavy atom. The molecule has 0 aliphatic rings. The zero-order valence-electron chi connectivity index (χ0n) is 11.2. The number of benzene rings is 1. The molecular weight excluding hydrogens is 270 g/mol. The number of hydrogen-bond donors (Lipinski definition) is 1. The van der Waals surface area contributed by atoms with Gasteiger partial charge in [-0.1, -0.05) is 30.3 Å². The number of carbonyl (C=O) groups excluding carboxylic acids is 1. The largest absolute Gasteiger partial charge is 0.350 e. The van der Waals surface area contributed by atoms with Gasteiger partial charge >= 0.3 is 0 Å². The molecule has 5 heteroatoms. The summed E-state index contributed by atoms with van der Waals surface area (Å²) in [6.07, 6.45) is 2.62. The molecule has 0 saturated carbocycles. The van der Waals surface area contributed by atoms with Crippen molar-refractivity contribution < 1.29 is 4.79 Å². The minimum atomic E-state index is -0.115. The smallest absolute Gasteiger partial charge is 0.271 e. The summed E-state index contributed by atoms with van der Waals surface area (Å²) in [4.78, 5) is 17.2. The molecule has 0 saturated heterocycles. The highest BCUT2D eigenvalue weighted by atomic mass is 32.1. The van der Waals surface area contributed by atoms with E-state index in [0.717, 1.165) is 17.1 Å². The van der Waals surface area contributed by atoms with Crippen LogP contribution >= 0.6 is 11.3 Å². The number of nitrogens with zero attached hydrogens (tertiary/aromatic N) is 2. The number of thiazole rings is 1. The predicted octanol–water partition coefficient (Wildman–Crippen LogP) is 2.68. The molecule has 0 fully saturated rings. The lowest BCUT2D eigenvalue weighted by Gasteiger charge is -2.03. The van der Waals surface area contributed by atoms with E-state index in [1.807, 2.05) is 34.9 Å². The fraction of sp³-hybridized carbons (Fsp3) is 0.200. The summed E-state index contributed by atoms with van der Waals surface area (Å²) in [7, 11) is 0. The van der Waals surface area contributed by atoms with Gasteiger partial charge in [-0.2, -0.15) is 0 Å². The molecule has 1 aromatic carbocycles. The van der Waals surface area contributed by atoms with Crippen molar-refractivity contribution in [2.45, 2.75) is 13.3 Å². The molecule has 3 rings (SSSR count). The van der Waals surface area contributed by atoms with Crippen molar-refractivity contribution in [2.24, 2.45) is 0 Å². The Hall–Kier alpha value is -2.14. The highest BCUT2D eigenvalue weighted by molar-refractivity contribution is 7.15. The first-order valence-corrected chi connectivity index (χ1v) is 7.37. The van der Waals surface area contributed by atoms with Crippen molar-refractivity contribution in [2.75, 3.05) is 6.54 Å². The van der Waals surface area contributed by atoms with Crippen LogP contribution in [0.15, 0.2) is 41.9 Å². The summed E-state index contributed by atoms with van der Waals surface area (Å²) in [5, 5.41) is 4.93. The van der Waals surface area contributed by atoms with Crippen LogP contribution in [0, 0.1) is 6.92 Å². The SMILES string of the molecule is Cc1csc2nc(C(=O)NCCc3ccccc3)cn12. The van der Waals surface area contributed by atoms with E-state index in [1.165, 1.54) is 5.56 Å². The van der Waals surface area contributed by atoms with Crippen molar-refractivity contribution in [3.8, 4) is 0 Å². The van der Waals surface area contributed by atoms with Crippen LogP contribution < -0.4 is 5.32 Å². The molecule has 0 spiro atoms.